The Hall–Kier alpha value is -3.95. The Bertz CT molecular complexity index is 1550. The maximum atomic E-state index is 14.2. The first-order valence-corrected chi connectivity index (χ1v) is 13.6. The van der Waals surface area contributed by atoms with E-state index >= 15 is 0 Å². The van der Waals surface area contributed by atoms with E-state index in [1.165, 1.54) is 31.5 Å². The number of aromatic nitrogens is 4. The predicted molar refractivity (Wildman–Crippen MR) is 139 cm³/mol. The highest BCUT2D eigenvalue weighted by molar-refractivity contribution is 6.04. The van der Waals surface area contributed by atoms with Crippen molar-refractivity contribution in [1.82, 2.24) is 19.6 Å². The number of hydrogen-bond acceptors (Lipinski definition) is 3. The van der Waals surface area contributed by atoms with E-state index in [4.69, 9.17) is 5.10 Å². The molecule has 0 radical (unpaired) electrons. The van der Waals surface area contributed by atoms with Crippen LogP contribution in [-0.2, 0) is 12.0 Å². The van der Waals surface area contributed by atoms with Gasteiger partial charge in [0.1, 0.15) is 0 Å². The lowest BCUT2D eigenvalue weighted by Gasteiger charge is -2.56. The van der Waals surface area contributed by atoms with E-state index in [0.29, 0.717) is 23.3 Å². The van der Waals surface area contributed by atoms with Crippen LogP contribution in [0.5, 0.6) is 0 Å². The fourth-order valence-electron chi connectivity index (χ4n) is 7.67. The first-order chi connectivity index (χ1) is 19.3. The van der Waals surface area contributed by atoms with E-state index in [1.807, 2.05) is 30.3 Å². The summed E-state index contributed by atoms with van der Waals surface area (Å²) in [6.45, 7) is -0.549. The number of anilines is 1. The molecule has 4 saturated carbocycles. The molecular formula is C30H27F4N5O. The molecule has 0 spiro atoms. The second-order valence-corrected chi connectivity index (χ2v) is 11.7. The minimum Gasteiger partial charge on any atom is -0.305 e. The molecule has 1 amide bonds. The number of halogens is 4. The van der Waals surface area contributed by atoms with Gasteiger partial charge in [0.15, 0.2) is 29.1 Å². The van der Waals surface area contributed by atoms with Crippen molar-refractivity contribution in [3.63, 3.8) is 0 Å². The second kappa shape index (κ2) is 9.31. The number of nitrogens with zero attached hydrogens (tertiary/aromatic N) is 4. The Morgan fingerprint density at radius 2 is 1.52 bits per heavy atom. The van der Waals surface area contributed by atoms with Gasteiger partial charge in [0, 0.05) is 29.9 Å². The Morgan fingerprint density at radius 3 is 2.15 bits per heavy atom. The third kappa shape index (κ3) is 4.20. The van der Waals surface area contributed by atoms with Gasteiger partial charge in [-0.3, -0.25) is 9.48 Å². The molecule has 206 valence electrons. The molecule has 10 heteroatoms. The Balaban J connectivity index is 1.19. The summed E-state index contributed by atoms with van der Waals surface area (Å²) in [5.41, 5.74) is 1.21. The smallest absolute Gasteiger partial charge is 0.260 e. The van der Waals surface area contributed by atoms with Gasteiger partial charge in [-0.15, -0.1) is 0 Å². The van der Waals surface area contributed by atoms with Crippen molar-refractivity contribution < 1.29 is 22.4 Å². The van der Waals surface area contributed by atoms with Gasteiger partial charge in [-0.05, 0) is 68.4 Å². The largest absolute Gasteiger partial charge is 0.305 e. The zero-order chi connectivity index (χ0) is 27.6. The van der Waals surface area contributed by atoms with Gasteiger partial charge in [0.2, 0.25) is 0 Å². The standard InChI is InChI=1S/C30H27F4N5O/c31-23-11-24(32)27(34)21(26(23)33)15-38-7-6-25(36-38)35-29(40)22-16-39(20-4-2-1-3-5-20)37-28(22)30-12-17-8-18(13-30)10-19(9-17)14-30/h1-7,11,16-19H,8-10,12-15H2,(H,35,36,40). The molecule has 0 aliphatic heterocycles. The van der Waals surface area contributed by atoms with E-state index in [-0.39, 0.29) is 23.2 Å². The van der Waals surface area contributed by atoms with Crippen molar-refractivity contribution in [3.05, 3.63) is 94.9 Å². The quantitative estimate of drug-likeness (QED) is 0.224. The molecule has 6 nitrogen and oxygen atoms in total. The highest BCUT2D eigenvalue weighted by atomic mass is 19.2. The van der Waals surface area contributed by atoms with Crippen LogP contribution >= 0.6 is 0 Å². The molecular weight excluding hydrogens is 522 g/mol. The van der Waals surface area contributed by atoms with E-state index in [9.17, 15) is 22.4 Å². The molecule has 4 fully saturated rings. The number of hydrogen-bond donors (Lipinski definition) is 1. The zero-order valence-electron chi connectivity index (χ0n) is 21.6. The summed E-state index contributed by atoms with van der Waals surface area (Å²) >= 11 is 0. The molecule has 2 heterocycles. The number of para-hydroxylation sites is 1. The molecule has 4 aliphatic rings. The van der Waals surface area contributed by atoms with E-state index in [1.54, 1.807) is 10.9 Å². The molecule has 0 unspecified atom stereocenters. The Morgan fingerprint density at radius 1 is 0.900 bits per heavy atom. The van der Waals surface area contributed by atoms with Crippen LogP contribution in [0.1, 0.15) is 60.1 Å². The number of nitrogens with one attached hydrogen (secondary N) is 1. The SMILES string of the molecule is O=C(Nc1ccn(Cc2c(F)c(F)cc(F)c2F)n1)c1cn(-c2ccccc2)nc1C12CC3CC(CC(C3)C1)C2. The zero-order valence-corrected chi connectivity index (χ0v) is 21.6. The highest BCUT2D eigenvalue weighted by Crippen LogP contribution is 2.61. The minimum absolute atomic E-state index is 0.142. The van der Waals surface area contributed by atoms with E-state index < -0.39 is 35.4 Å². The average molecular weight is 550 g/mol. The van der Waals surface area contributed by atoms with Gasteiger partial charge in [0.25, 0.3) is 5.91 Å². The van der Waals surface area contributed by atoms with E-state index in [0.717, 1.165) is 35.3 Å². The summed E-state index contributed by atoms with van der Waals surface area (Å²) in [5, 5.41) is 12.0. The first-order valence-electron chi connectivity index (χ1n) is 13.6. The van der Waals surface area contributed by atoms with Crippen LogP contribution in [0.25, 0.3) is 5.69 Å². The van der Waals surface area contributed by atoms with Crippen LogP contribution in [0, 0.1) is 41.0 Å². The molecule has 0 saturated heterocycles. The monoisotopic (exact) mass is 549 g/mol. The second-order valence-electron chi connectivity index (χ2n) is 11.7. The van der Waals surface area contributed by atoms with Crippen LogP contribution in [0.15, 0.2) is 54.9 Å². The van der Waals surface area contributed by atoms with E-state index in [2.05, 4.69) is 10.4 Å². The highest BCUT2D eigenvalue weighted by Gasteiger charge is 2.54. The Kier molecular flexibility index (Phi) is 5.83. The first kappa shape index (κ1) is 25.0. The van der Waals surface area contributed by atoms with Crippen LogP contribution in [0.2, 0.25) is 0 Å². The third-order valence-electron chi connectivity index (χ3n) is 8.93. The van der Waals surface area contributed by atoms with Gasteiger partial charge < -0.3 is 5.32 Å². The van der Waals surface area contributed by atoms with Crippen molar-refractivity contribution in [1.29, 1.82) is 0 Å². The normalized spacial score (nSPS) is 24.9. The van der Waals surface area contributed by atoms with Crippen molar-refractivity contribution in [3.8, 4) is 5.69 Å². The summed E-state index contributed by atoms with van der Waals surface area (Å²) in [7, 11) is 0. The summed E-state index contributed by atoms with van der Waals surface area (Å²) in [4.78, 5) is 13.7. The van der Waals surface area contributed by atoms with Gasteiger partial charge in [-0.1, -0.05) is 18.2 Å². The number of benzene rings is 2. The molecule has 40 heavy (non-hydrogen) atoms. The maximum Gasteiger partial charge on any atom is 0.260 e. The molecule has 8 rings (SSSR count). The molecule has 4 aromatic rings. The summed E-state index contributed by atoms with van der Waals surface area (Å²) in [6.07, 6.45) is 10.00. The lowest BCUT2D eigenvalue weighted by Crippen LogP contribution is -2.49. The molecule has 4 bridgehead atoms. The van der Waals surface area contributed by atoms with Gasteiger partial charge >= 0.3 is 0 Å². The van der Waals surface area contributed by atoms with Crippen molar-refractivity contribution in [2.24, 2.45) is 17.8 Å². The van der Waals surface area contributed by atoms with Gasteiger partial charge in [0.05, 0.1) is 29.1 Å². The number of rotatable bonds is 6. The van der Waals surface area contributed by atoms with Crippen LogP contribution in [-0.4, -0.2) is 25.5 Å². The fourth-order valence-corrected chi connectivity index (χ4v) is 7.67. The third-order valence-corrected chi connectivity index (χ3v) is 8.93. The van der Waals surface area contributed by atoms with Gasteiger partial charge in [-0.25, -0.2) is 22.2 Å². The number of carbonyl (C=O) groups is 1. The lowest BCUT2D eigenvalue weighted by atomic mass is 9.48. The molecule has 1 N–H and O–H groups in total. The number of carbonyl (C=O) groups excluding carboxylic acids is 1. The predicted octanol–water partition coefficient (Wildman–Crippen LogP) is 6.39. The lowest BCUT2D eigenvalue weighted by molar-refractivity contribution is -0.00765. The molecule has 2 aromatic heterocycles. The van der Waals surface area contributed by atoms with Crippen LogP contribution < -0.4 is 5.32 Å². The van der Waals surface area contributed by atoms with Crippen LogP contribution in [0.3, 0.4) is 0 Å². The molecule has 4 aliphatic carbocycles. The molecule has 2 aromatic carbocycles. The summed E-state index contributed by atoms with van der Waals surface area (Å²) in [6, 6.07) is 11.3. The maximum absolute atomic E-state index is 14.2. The van der Waals surface area contributed by atoms with Crippen molar-refractivity contribution >= 4 is 11.7 Å². The van der Waals surface area contributed by atoms with Crippen LogP contribution in [0.4, 0.5) is 23.4 Å². The van der Waals surface area contributed by atoms with Gasteiger partial charge in [-0.2, -0.15) is 10.2 Å². The van der Waals surface area contributed by atoms with Crippen molar-refractivity contribution in [2.75, 3.05) is 5.32 Å². The molecule has 0 atom stereocenters. The minimum atomic E-state index is -1.48. The Labute approximate surface area is 228 Å². The average Bonchev–Trinajstić information content (AvgIpc) is 3.58. The summed E-state index contributed by atoms with van der Waals surface area (Å²) < 4.78 is 58.5. The topological polar surface area (TPSA) is 64.7 Å². The fraction of sp³-hybridized carbons (Fsp3) is 0.367. The number of amides is 1. The summed E-state index contributed by atoms with van der Waals surface area (Å²) in [5.74, 6) is -4.18. The van der Waals surface area contributed by atoms with Crippen molar-refractivity contribution in [2.45, 2.75) is 50.5 Å².